The number of hydrogen-bond acceptors (Lipinski definition) is 10. The first-order valence-corrected chi connectivity index (χ1v) is 39.1. The Morgan fingerprint density at radius 2 is 0.711 bits per heavy atom. The summed E-state index contributed by atoms with van der Waals surface area (Å²) < 4.78 is 0. The van der Waals surface area contributed by atoms with Crippen molar-refractivity contribution < 1.29 is 56.7 Å². The van der Waals surface area contributed by atoms with E-state index in [-0.39, 0.29) is 27.6 Å². The van der Waals surface area contributed by atoms with Crippen LogP contribution in [-0.2, 0) is 42.2 Å². The van der Waals surface area contributed by atoms with E-state index in [0.29, 0.717) is 24.0 Å². The van der Waals surface area contributed by atoms with E-state index < -0.39 is 34.9 Å². The summed E-state index contributed by atoms with van der Waals surface area (Å²) in [6, 6.07) is 23.4. The van der Waals surface area contributed by atoms with Gasteiger partial charge in [-0.05, 0) is 110 Å². The number of aliphatic imine (C=N–C) groups is 2. The summed E-state index contributed by atoms with van der Waals surface area (Å²) in [6.07, 6.45) is 64.6. The molecule has 4 aromatic rings. The van der Waals surface area contributed by atoms with Crippen LogP contribution in [0.3, 0.4) is 0 Å². The second-order valence-electron chi connectivity index (χ2n) is 27.0. The average molecular weight is 1380 g/mol. The average Bonchev–Trinajstić information content (AvgIpc) is 0.882. The molecule has 0 fully saturated rings. The predicted octanol–water partition coefficient (Wildman–Crippen LogP) is 23.7. The summed E-state index contributed by atoms with van der Waals surface area (Å²) in [4.78, 5) is 32.1. The Bertz CT molecular complexity index is 2670. The van der Waals surface area contributed by atoms with Crippen molar-refractivity contribution in [2.24, 2.45) is 9.98 Å². The van der Waals surface area contributed by atoms with Crippen molar-refractivity contribution in [3.8, 4) is 34.8 Å². The number of hydrogen-bond donors (Lipinski definition) is 4. The minimum atomic E-state index is -1.47. The zero-order chi connectivity index (χ0) is 69.9. The number of aromatic carboxylic acids is 2. The summed E-state index contributed by atoms with van der Waals surface area (Å²) in [6.45, 7) is 12.9. The van der Waals surface area contributed by atoms with Gasteiger partial charge in [-0.25, -0.2) is 0 Å². The molecule has 0 unspecified atom stereocenters. The largest absolute Gasteiger partial charge is 2.00 e. The van der Waals surface area contributed by atoms with Gasteiger partial charge in [-0.1, -0.05) is 334 Å². The van der Waals surface area contributed by atoms with E-state index in [9.17, 15) is 30.0 Å². The van der Waals surface area contributed by atoms with Gasteiger partial charge in [0.25, 0.3) is 0 Å². The summed E-state index contributed by atoms with van der Waals surface area (Å²) >= 11 is 0. The quantitative estimate of drug-likeness (QED) is 0.0111. The maximum absolute atomic E-state index is 10.7. The van der Waals surface area contributed by atoms with Crippen molar-refractivity contribution in [3.63, 3.8) is 0 Å². The van der Waals surface area contributed by atoms with E-state index in [1.54, 1.807) is 0 Å². The van der Waals surface area contributed by atoms with Crippen LogP contribution in [0.2, 0.25) is 0 Å². The summed E-state index contributed by atoms with van der Waals surface area (Å²) in [5, 5.41) is 58.2. The van der Waals surface area contributed by atoms with E-state index >= 15 is 0 Å². The summed E-state index contributed by atoms with van der Waals surface area (Å²) in [7, 11) is 0. The van der Waals surface area contributed by atoms with Crippen molar-refractivity contribution >= 4 is 34.7 Å². The monoisotopic (exact) mass is 1380 g/mol. The van der Waals surface area contributed by atoms with Gasteiger partial charge in [0, 0.05) is 24.0 Å². The third kappa shape index (κ3) is 43.5. The van der Waals surface area contributed by atoms with Gasteiger partial charge in [0.1, 0.15) is 0 Å². The molecule has 0 spiro atoms. The molecule has 0 heterocycles. The molecule has 4 N–H and O–H groups in total. The minimum absolute atomic E-state index is 0. The number of carbonyl (C=O) groups is 2. The molecule has 0 radical (unpaired) electrons. The fourth-order valence-corrected chi connectivity index (χ4v) is 12.6. The molecular weight excluding hydrogens is 1250 g/mol. The normalized spacial score (nSPS) is 11.3. The van der Waals surface area contributed by atoms with Crippen molar-refractivity contribution in [1.82, 2.24) is 0 Å². The zero-order valence-corrected chi connectivity index (χ0v) is 62.9. The molecule has 4 rings (SSSR count). The number of aryl methyl sites for hydroxylation is 4. The summed E-state index contributed by atoms with van der Waals surface area (Å²) in [5.41, 5.74) is 7.55. The number of carboxylic acid groups (broad SMARTS) is 2. The molecule has 10 nitrogen and oxygen atoms in total. The number of carbonyl (C=O) groups excluding carboxylic acids is 2. The van der Waals surface area contributed by atoms with Crippen LogP contribution < -0.4 is 10.2 Å². The van der Waals surface area contributed by atoms with Crippen LogP contribution >= 0.6 is 0 Å². The molecule has 0 aliphatic rings. The number of aromatic hydroxyl groups is 4. The number of phenolic OH excluding ortho intramolecular Hbond substituents is 2. The standard InChI is InChI=1S/C66H112N2.2C10H12O4.Ni/c1-5-9-12-15-18-20-22-23-24-25-26-27-28-29-30-31-32-33-34-35-36-37-39-41-43-45-48-53-62-54-50-51-55-65(62)68-64(8-4)66(56-49-46-17-14-11-7-3)67-63-59-57-61(58-60-63)52-47-44-42-40-38-21-19-16-13-10-6-2;2*1-2-3-6-4-5-7(11)9(12)8(6)10(13)14;/h50-51,54-55,57-60H,5-42,44,46-49,52-53,56H2,1-4H3;2*4-5,11-12H,2-3H2,1H3,(H,13,14);/q;;;+2/p-2. The SMILES string of the molecule is CCCCCCCCCCCCCCCCCCCCCCCCCC#CCCc1ccccc1N=C(CC)C(CCCCCCCC)=Nc1ccc(CCCCCCCCCCCCC)cc1.CCCc1ccc(O)c(O)c1C(=O)[O-].CCCc1ccc(O)c(O)c1C(=O)[O-].[Ni+2]. The minimum Gasteiger partial charge on any atom is -0.545 e. The molecular formula is C86H134N2NiO8. The fourth-order valence-electron chi connectivity index (χ4n) is 12.6. The van der Waals surface area contributed by atoms with Crippen LogP contribution in [0.1, 0.15) is 380 Å². The van der Waals surface area contributed by atoms with E-state index in [1.165, 1.54) is 304 Å². The molecule has 0 aliphatic heterocycles. The van der Waals surface area contributed by atoms with Crippen molar-refractivity contribution in [2.75, 3.05) is 0 Å². The van der Waals surface area contributed by atoms with Gasteiger partial charge in [-0.15, -0.1) is 11.8 Å². The van der Waals surface area contributed by atoms with E-state index in [2.05, 4.69) is 88.1 Å². The molecule has 4 aromatic carbocycles. The molecule has 97 heavy (non-hydrogen) atoms. The number of para-hydroxylation sites is 1. The topological polar surface area (TPSA) is 186 Å². The fraction of sp³-hybridized carbons (Fsp3) is 0.651. The molecule has 11 heteroatoms. The summed E-state index contributed by atoms with van der Waals surface area (Å²) in [5.74, 6) is 1.97. The van der Waals surface area contributed by atoms with Crippen LogP contribution in [0.4, 0.5) is 11.4 Å². The second kappa shape index (κ2) is 61.5. The smallest absolute Gasteiger partial charge is 0.545 e. The van der Waals surface area contributed by atoms with Crippen LogP contribution in [0.5, 0.6) is 23.0 Å². The first kappa shape index (κ1) is 89.4. The van der Waals surface area contributed by atoms with Gasteiger partial charge >= 0.3 is 16.5 Å². The Hall–Kier alpha value is -5.59. The molecule has 0 bridgehead atoms. The molecule has 0 saturated carbocycles. The third-order valence-electron chi connectivity index (χ3n) is 18.4. The number of nitrogens with zero attached hydrogens (tertiary/aromatic N) is 2. The first-order chi connectivity index (χ1) is 46.9. The van der Waals surface area contributed by atoms with Gasteiger partial charge in [-0.2, -0.15) is 0 Å². The maximum atomic E-state index is 10.7. The van der Waals surface area contributed by atoms with Crippen LogP contribution in [0.25, 0.3) is 0 Å². The predicted molar refractivity (Wildman–Crippen MR) is 404 cm³/mol. The van der Waals surface area contributed by atoms with Gasteiger partial charge in [0.2, 0.25) is 0 Å². The van der Waals surface area contributed by atoms with Crippen molar-refractivity contribution in [1.29, 1.82) is 0 Å². The van der Waals surface area contributed by atoms with Crippen LogP contribution in [-0.4, -0.2) is 43.8 Å². The number of unbranched alkanes of at least 4 members (excludes halogenated alkanes) is 38. The Morgan fingerprint density at radius 1 is 0.351 bits per heavy atom. The van der Waals surface area contributed by atoms with E-state index in [1.807, 2.05) is 13.8 Å². The Labute approximate surface area is 601 Å². The third-order valence-corrected chi connectivity index (χ3v) is 18.4. The van der Waals surface area contributed by atoms with Gasteiger partial charge in [0.15, 0.2) is 23.0 Å². The maximum Gasteiger partial charge on any atom is 2.00 e. The van der Waals surface area contributed by atoms with Gasteiger partial charge in [-0.3, -0.25) is 9.98 Å². The molecule has 0 atom stereocenters. The molecule has 0 amide bonds. The van der Waals surface area contributed by atoms with Crippen molar-refractivity contribution in [2.45, 2.75) is 363 Å². The molecule has 0 aromatic heterocycles. The number of carboxylic acids is 2. The number of benzene rings is 4. The van der Waals surface area contributed by atoms with Gasteiger partial charge in [0.05, 0.1) is 34.7 Å². The zero-order valence-electron chi connectivity index (χ0n) is 61.9. The number of rotatable bonds is 54. The Morgan fingerprint density at radius 3 is 1.09 bits per heavy atom. The molecule has 0 aliphatic carbocycles. The van der Waals surface area contributed by atoms with E-state index in [0.717, 1.165) is 62.0 Å². The van der Waals surface area contributed by atoms with Gasteiger partial charge < -0.3 is 40.2 Å². The van der Waals surface area contributed by atoms with Crippen molar-refractivity contribution in [3.05, 3.63) is 106 Å². The number of phenols is 4. The first-order valence-electron chi connectivity index (χ1n) is 39.1. The van der Waals surface area contributed by atoms with Crippen LogP contribution in [0.15, 0.2) is 82.8 Å². The van der Waals surface area contributed by atoms with E-state index in [4.69, 9.17) is 20.2 Å². The second-order valence-corrected chi connectivity index (χ2v) is 27.0. The molecule has 546 valence electrons. The van der Waals surface area contributed by atoms with Crippen LogP contribution in [0, 0.1) is 11.8 Å². The molecule has 0 saturated heterocycles. The Kier molecular flexibility index (Phi) is 56.7. The Balaban J connectivity index is 0.00000132.